The molecule has 4 rings (SSSR count). The molecule has 3 heteroatoms. The van der Waals surface area contributed by atoms with E-state index in [9.17, 15) is 4.79 Å². The van der Waals surface area contributed by atoms with E-state index in [-0.39, 0.29) is 5.78 Å². The standard InChI is InChI=1S/C26H24O3/c1-20(27)24-18-26(22-14-8-4-9-15-22,23-16-10-5-11-17-23)29-25(24,2)28-19-21-12-6-3-7-13-21/h3-18H,19H2,1-2H3. The van der Waals surface area contributed by atoms with Gasteiger partial charge >= 0.3 is 0 Å². The quantitative estimate of drug-likeness (QED) is 0.570. The van der Waals surface area contributed by atoms with Crippen molar-refractivity contribution < 1.29 is 14.3 Å². The Balaban J connectivity index is 1.78. The first kappa shape index (κ1) is 19.3. The molecule has 0 N–H and O–H groups in total. The second-order valence-electron chi connectivity index (χ2n) is 7.40. The largest absolute Gasteiger partial charge is 0.341 e. The highest BCUT2D eigenvalue weighted by molar-refractivity contribution is 5.96. The van der Waals surface area contributed by atoms with Gasteiger partial charge in [0.1, 0.15) is 5.60 Å². The van der Waals surface area contributed by atoms with E-state index in [0.29, 0.717) is 12.2 Å². The fraction of sp³-hybridized carbons (Fsp3) is 0.192. The van der Waals surface area contributed by atoms with Crippen molar-refractivity contribution in [1.82, 2.24) is 0 Å². The summed E-state index contributed by atoms with van der Waals surface area (Å²) >= 11 is 0. The summed E-state index contributed by atoms with van der Waals surface area (Å²) in [5, 5.41) is 0. The number of ether oxygens (including phenoxy) is 2. The number of carbonyl (C=O) groups is 1. The molecule has 0 aliphatic carbocycles. The van der Waals surface area contributed by atoms with Gasteiger partial charge in [-0.2, -0.15) is 0 Å². The number of Topliss-reactive ketones (excluding diaryl/α,β-unsaturated/α-hetero) is 1. The van der Waals surface area contributed by atoms with E-state index < -0.39 is 11.4 Å². The van der Waals surface area contributed by atoms with Crippen LogP contribution in [0.2, 0.25) is 0 Å². The lowest BCUT2D eigenvalue weighted by Gasteiger charge is -2.35. The van der Waals surface area contributed by atoms with Gasteiger partial charge in [0.05, 0.1) is 12.2 Å². The zero-order valence-electron chi connectivity index (χ0n) is 16.7. The van der Waals surface area contributed by atoms with Crippen molar-refractivity contribution in [3.63, 3.8) is 0 Å². The molecule has 1 atom stereocenters. The second kappa shape index (κ2) is 7.78. The second-order valence-corrected chi connectivity index (χ2v) is 7.40. The zero-order chi connectivity index (χ0) is 20.3. The molecular weight excluding hydrogens is 360 g/mol. The molecule has 0 saturated heterocycles. The Kier molecular flexibility index (Phi) is 5.18. The Hall–Kier alpha value is -3.01. The predicted octanol–water partition coefficient (Wildman–Crippen LogP) is 5.41. The Labute approximate surface area is 171 Å². The van der Waals surface area contributed by atoms with Crippen LogP contribution in [0, 0.1) is 0 Å². The monoisotopic (exact) mass is 384 g/mol. The Bertz CT molecular complexity index is 970. The number of hydrogen-bond acceptors (Lipinski definition) is 3. The molecular formula is C26H24O3. The van der Waals surface area contributed by atoms with Gasteiger partial charge in [0.2, 0.25) is 0 Å². The molecule has 3 nitrogen and oxygen atoms in total. The maximum Gasteiger partial charge on any atom is 0.197 e. The average molecular weight is 384 g/mol. The lowest BCUT2D eigenvalue weighted by molar-refractivity contribution is -0.230. The van der Waals surface area contributed by atoms with Crippen LogP contribution in [0.3, 0.4) is 0 Å². The molecule has 0 fully saturated rings. The van der Waals surface area contributed by atoms with Crippen LogP contribution in [-0.2, 0) is 26.5 Å². The summed E-state index contributed by atoms with van der Waals surface area (Å²) in [5.74, 6) is -1.22. The third-order valence-corrected chi connectivity index (χ3v) is 5.33. The lowest BCUT2D eigenvalue weighted by atomic mass is 9.85. The minimum atomic E-state index is -1.16. The summed E-state index contributed by atoms with van der Waals surface area (Å²) in [4.78, 5) is 12.6. The van der Waals surface area contributed by atoms with Crippen molar-refractivity contribution in [2.24, 2.45) is 0 Å². The lowest BCUT2D eigenvalue weighted by Crippen LogP contribution is -2.38. The van der Waals surface area contributed by atoms with Crippen LogP contribution >= 0.6 is 0 Å². The van der Waals surface area contributed by atoms with Gasteiger partial charge in [0.15, 0.2) is 11.6 Å². The van der Waals surface area contributed by atoms with Gasteiger partial charge in [-0.05, 0) is 36.6 Å². The minimum absolute atomic E-state index is 0.0608. The minimum Gasteiger partial charge on any atom is -0.341 e. The highest BCUT2D eigenvalue weighted by atomic mass is 16.7. The Morgan fingerprint density at radius 1 is 0.828 bits per heavy atom. The topological polar surface area (TPSA) is 35.5 Å². The van der Waals surface area contributed by atoms with Crippen molar-refractivity contribution in [2.75, 3.05) is 0 Å². The van der Waals surface area contributed by atoms with E-state index in [1.807, 2.05) is 104 Å². The Morgan fingerprint density at radius 3 is 1.79 bits per heavy atom. The summed E-state index contributed by atoms with van der Waals surface area (Å²) in [7, 11) is 0. The van der Waals surface area contributed by atoms with Crippen LogP contribution in [0.1, 0.15) is 30.5 Å². The van der Waals surface area contributed by atoms with Crippen molar-refractivity contribution in [3.8, 4) is 0 Å². The summed E-state index contributed by atoms with van der Waals surface area (Å²) in [6.45, 7) is 3.74. The van der Waals surface area contributed by atoms with Gasteiger partial charge in [-0.25, -0.2) is 0 Å². The molecule has 1 unspecified atom stereocenters. The molecule has 3 aromatic carbocycles. The number of benzene rings is 3. The molecule has 0 amide bonds. The van der Waals surface area contributed by atoms with E-state index in [1.54, 1.807) is 6.92 Å². The van der Waals surface area contributed by atoms with Crippen molar-refractivity contribution in [1.29, 1.82) is 0 Å². The van der Waals surface area contributed by atoms with Crippen LogP contribution in [0.4, 0.5) is 0 Å². The average Bonchev–Trinajstić information content (AvgIpc) is 3.10. The molecule has 0 radical (unpaired) electrons. The molecule has 3 aromatic rings. The molecule has 0 spiro atoms. The van der Waals surface area contributed by atoms with Crippen molar-refractivity contribution in [2.45, 2.75) is 31.8 Å². The molecule has 146 valence electrons. The first-order chi connectivity index (χ1) is 14.0. The fourth-order valence-electron chi connectivity index (χ4n) is 3.87. The molecule has 1 aliphatic rings. The molecule has 0 saturated carbocycles. The van der Waals surface area contributed by atoms with E-state index in [2.05, 4.69) is 0 Å². The van der Waals surface area contributed by atoms with Gasteiger partial charge in [-0.1, -0.05) is 91.0 Å². The number of carbonyl (C=O) groups excluding carboxylic acids is 1. The summed E-state index contributed by atoms with van der Waals surface area (Å²) < 4.78 is 12.9. The van der Waals surface area contributed by atoms with Crippen molar-refractivity contribution in [3.05, 3.63) is 119 Å². The highest BCUT2D eigenvalue weighted by Gasteiger charge is 2.51. The van der Waals surface area contributed by atoms with Crippen LogP contribution in [0.25, 0.3) is 0 Å². The Morgan fingerprint density at radius 2 is 1.31 bits per heavy atom. The third-order valence-electron chi connectivity index (χ3n) is 5.33. The van der Waals surface area contributed by atoms with Crippen LogP contribution < -0.4 is 0 Å². The molecule has 1 aliphatic heterocycles. The first-order valence-corrected chi connectivity index (χ1v) is 9.77. The van der Waals surface area contributed by atoms with Gasteiger partial charge in [-0.15, -0.1) is 0 Å². The molecule has 0 bridgehead atoms. The van der Waals surface area contributed by atoms with E-state index in [1.165, 1.54) is 0 Å². The number of rotatable bonds is 6. The van der Waals surface area contributed by atoms with E-state index >= 15 is 0 Å². The summed E-state index contributed by atoms with van der Waals surface area (Å²) in [6.07, 6.45) is 1.92. The summed E-state index contributed by atoms with van der Waals surface area (Å²) in [6, 6.07) is 29.8. The van der Waals surface area contributed by atoms with E-state index in [4.69, 9.17) is 9.47 Å². The predicted molar refractivity (Wildman–Crippen MR) is 113 cm³/mol. The van der Waals surface area contributed by atoms with Gasteiger partial charge in [-0.3, -0.25) is 4.79 Å². The normalized spacial score (nSPS) is 20.3. The van der Waals surface area contributed by atoms with Crippen LogP contribution in [0.5, 0.6) is 0 Å². The molecule has 1 heterocycles. The van der Waals surface area contributed by atoms with Gasteiger partial charge < -0.3 is 9.47 Å². The number of ketones is 1. The maximum atomic E-state index is 12.6. The van der Waals surface area contributed by atoms with Crippen LogP contribution in [-0.4, -0.2) is 11.6 Å². The molecule has 0 aromatic heterocycles. The SMILES string of the molecule is CC(=O)C1=CC(c2ccccc2)(c2ccccc2)OC1(C)OCc1ccccc1. The zero-order valence-corrected chi connectivity index (χ0v) is 16.7. The van der Waals surface area contributed by atoms with E-state index in [0.717, 1.165) is 16.7 Å². The van der Waals surface area contributed by atoms with Gasteiger partial charge in [0.25, 0.3) is 0 Å². The summed E-state index contributed by atoms with van der Waals surface area (Å²) in [5.41, 5.74) is 2.57. The smallest absolute Gasteiger partial charge is 0.197 e. The highest BCUT2D eigenvalue weighted by Crippen LogP contribution is 2.48. The first-order valence-electron chi connectivity index (χ1n) is 9.77. The number of hydrogen-bond donors (Lipinski definition) is 0. The maximum absolute atomic E-state index is 12.6. The fourth-order valence-corrected chi connectivity index (χ4v) is 3.87. The third kappa shape index (κ3) is 3.67. The van der Waals surface area contributed by atoms with Crippen LogP contribution in [0.15, 0.2) is 103 Å². The van der Waals surface area contributed by atoms with Crippen molar-refractivity contribution >= 4 is 5.78 Å². The van der Waals surface area contributed by atoms with Gasteiger partial charge in [0, 0.05) is 0 Å². The molecule has 29 heavy (non-hydrogen) atoms.